The molecule has 26 heavy (non-hydrogen) atoms. The largest absolute Gasteiger partial charge is 0.466 e. The molecular formula is C16H28N2O6S2. The summed E-state index contributed by atoms with van der Waals surface area (Å²) in [5.74, 6) is 1.85. The summed E-state index contributed by atoms with van der Waals surface area (Å²) in [5, 5.41) is 4.07. The van der Waals surface area contributed by atoms with E-state index in [1.54, 1.807) is 20.8 Å². The lowest BCUT2D eigenvalue weighted by atomic mass is 10.5. The van der Waals surface area contributed by atoms with Gasteiger partial charge in [-0.2, -0.15) is 28.6 Å². The normalized spacial score (nSPS) is 9.96. The van der Waals surface area contributed by atoms with Crippen LogP contribution in [0.5, 0.6) is 0 Å². The first-order valence-corrected chi connectivity index (χ1v) is 10.8. The number of hydrogen-bond donors (Lipinski definition) is 1. The van der Waals surface area contributed by atoms with Gasteiger partial charge in [-0.05, 0) is 20.8 Å². The fraction of sp³-hybridized carbons (Fsp3) is 0.750. The molecule has 1 amide bonds. The van der Waals surface area contributed by atoms with Crippen molar-refractivity contribution in [3.05, 3.63) is 0 Å². The molecule has 0 heterocycles. The summed E-state index contributed by atoms with van der Waals surface area (Å²) in [4.78, 5) is 34.0. The van der Waals surface area contributed by atoms with Crippen molar-refractivity contribution < 1.29 is 28.6 Å². The Bertz CT molecular complexity index is 432. The molecule has 0 unspecified atom stereocenters. The third kappa shape index (κ3) is 14.9. The number of thioether (sulfide) groups is 2. The monoisotopic (exact) mass is 408 g/mol. The highest BCUT2D eigenvalue weighted by molar-refractivity contribution is 8.01. The van der Waals surface area contributed by atoms with E-state index in [1.807, 2.05) is 0 Å². The molecule has 0 radical (unpaired) electrons. The van der Waals surface area contributed by atoms with Gasteiger partial charge in [0.05, 0.1) is 38.4 Å². The molecule has 0 saturated carbocycles. The van der Waals surface area contributed by atoms with E-state index in [0.29, 0.717) is 49.1 Å². The van der Waals surface area contributed by atoms with Gasteiger partial charge in [0.2, 0.25) is 0 Å². The molecule has 0 atom stereocenters. The van der Waals surface area contributed by atoms with Crippen molar-refractivity contribution in [2.45, 2.75) is 33.6 Å². The van der Waals surface area contributed by atoms with Gasteiger partial charge in [0, 0.05) is 23.0 Å². The quantitative estimate of drug-likeness (QED) is 0.154. The fourth-order valence-electron chi connectivity index (χ4n) is 1.55. The van der Waals surface area contributed by atoms with Crippen LogP contribution in [0.2, 0.25) is 0 Å². The van der Waals surface area contributed by atoms with E-state index in [0.717, 1.165) is 5.71 Å². The average Bonchev–Trinajstić information content (AvgIpc) is 2.60. The maximum atomic E-state index is 11.4. The van der Waals surface area contributed by atoms with Gasteiger partial charge >= 0.3 is 18.0 Å². The molecule has 10 heteroatoms. The first-order chi connectivity index (χ1) is 12.5. The van der Waals surface area contributed by atoms with E-state index in [1.165, 1.54) is 23.5 Å². The minimum absolute atomic E-state index is 0.230. The molecule has 1 N–H and O–H groups in total. The maximum Gasteiger partial charge on any atom is 0.427 e. The highest BCUT2D eigenvalue weighted by atomic mass is 32.2. The molecule has 0 bridgehead atoms. The van der Waals surface area contributed by atoms with Crippen LogP contribution in [0.3, 0.4) is 0 Å². The Morgan fingerprint density at radius 1 is 0.808 bits per heavy atom. The van der Waals surface area contributed by atoms with Crippen LogP contribution >= 0.6 is 23.5 Å². The second kappa shape index (κ2) is 17.0. The summed E-state index contributed by atoms with van der Waals surface area (Å²) in [5.41, 5.74) is 3.08. The second-order valence-electron chi connectivity index (χ2n) is 4.73. The van der Waals surface area contributed by atoms with E-state index in [2.05, 4.69) is 10.5 Å². The number of amides is 1. The number of carbonyl (C=O) groups is 3. The SMILES string of the molecule is CCOC(=O)CCSCC(CSCCC(=O)OCC)=NNC(=O)OCC. The van der Waals surface area contributed by atoms with Crippen molar-refractivity contribution in [1.29, 1.82) is 0 Å². The van der Waals surface area contributed by atoms with E-state index in [-0.39, 0.29) is 18.5 Å². The molecular weight excluding hydrogens is 380 g/mol. The first kappa shape index (κ1) is 24.6. The molecule has 0 spiro atoms. The molecule has 0 aromatic heterocycles. The summed E-state index contributed by atoms with van der Waals surface area (Å²) < 4.78 is 14.5. The number of hydrazone groups is 1. The number of ether oxygens (including phenoxy) is 3. The lowest BCUT2D eigenvalue weighted by molar-refractivity contribution is -0.143. The van der Waals surface area contributed by atoms with E-state index in [4.69, 9.17) is 14.2 Å². The van der Waals surface area contributed by atoms with Crippen LogP contribution in [0.25, 0.3) is 0 Å². The Balaban J connectivity index is 4.28. The Kier molecular flexibility index (Phi) is 16.1. The standard InChI is InChI=1S/C16H28N2O6S2/c1-4-22-14(19)7-9-25-11-13(17-18-16(21)24-6-3)12-26-10-8-15(20)23-5-2/h4-12H2,1-3H3,(H,18,21). The van der Waals surface area contributed by atoms with Gasteiger partial charge in [0.15, 0.2) is 0 Å². The second-order valence-corrected chi connectivity index (χ2v) is 6.94. The van der Waals surface area contributed by atoms with Gasteiger partial charge in [-0.3, -0.25) is 9.59 Å². The van der Waals surface area contributed by atoms with Gasteiger partial charge in [-0.25, -0.2) is 10.2 Å². The molecule has 0 aliphatic rings. The molecule has 0 aromatic rings. The van der Waals surface area contributed by atoms with Crippen molar-refractivity contribution in [2.24, 2.45) is 5.10 Å². The summed E-state index contributed by atoms with van der Waals surface area (Å²) in [6.45, 7) is 6.25. The van der Waals surface area contributed by atoms with Crippen molar-refractivity contribution >= 4 is 47.3 Å². The number of carbonyl (C=O) groups excluding carboxylic acids is 3. The van der Waals surface area contributed by atoms with Gasteiger partial charge in [-0.1, -0.05) is 0 Å². The maximum absolute atomic E-state index is 11.4. The fourth-order valence-corrected chi connectivity index (χ4v) is 3.40. The number of nitrogens with one attached hydrogen (secondary N) is 1. The molecule has 0 aliphatic heterocycles. The summed E-state index contributed by atoms with van der Waals surface area (Å²) in [6.07, 6.45) is 0.0400. The zero-order valence-corrected chi connectivity index (χ0v) is 17.2. The van der Waals surface area contributed by atoms with Crippen molar-refractivity contribution in [1.82, 2.24) is 5.43 Å². The summed E-state index contributed by atoms with van der Waals surface area (Å²) in [7, 11) is 0. The predicted molar refractivity (Wildman–Crippen MR) is 105 cm³/mol. The smallest absolute Gasteiger partial charge is 0.427 e. The minimum Gasteiger partial charge on any atom is -0.466 e. The molecule has 0 fully saturated rings. The molecule has 150 valence electrons. The highest BCUT2D eigenvalue weighted by Crippen LogP contribution is 2.10. The van der Waals surface area contributed by atoms with Crippen LogP contribution in [0.1, 0.15) is 33.6 Å². The summed E-state index contributed by atoms with van der Waals surface area (Å²) in [6, 6.07) is 0. The number of rotatable bonds is 14. The third-order valence-electron chi connectivity index (χ3n) is 2.63. The van der Waals surface area contributed by atoms with E-state index in [9.17, 15) is 14.4 Å². The number of nitrogens with zero attached hydrogens (tertiary/aromatic N) is 1. The summed E-state index contributed by atoms with van der Waals surface area (Å²) >= 11 is 3.05. The van der Waals surface area contributed by atoms with Crippen LogP contribution in [-0.2, 0) is 23.8 Å². The highest BCUT2D eigenvalue weighted by Gasteiger charge is 2.07. The average molecular weight is 409 g/mol. The molecule has 0 rings (SSSR count). The van der Waals surface area contributed by atoms with Crippen LogP contribution in [-0.4, -0.2) is 66.6 Å². The number of esters is 2. The predicted octanol–water partition coefficient (Wildman–Crippen LogP) is 2.46. The van der Waals surface area contributed by atoms with Crippen LogP contribution in [0, 0.1) is 0 Å². The van der Waals surface area contributed by atoms with Crippen LogP contribution < -0.4 is 5.43 Å². The van der Waals surface area contributed by atoms with E-state index < -0.39 is 6.09 Å². The van der Waals surface area contributed by atoms with Crippen molar-refractivity contribution in [2.75, 3.05) is 42.8 Å². The molecule has 8 nitrogen and oxygen atoms in total. The zero-order chi connectivity index (χ0) is 19.6. The molecule has 0 aliphatic carbocycles. The molecule has 0 saturated heterocycles. The lowest BCUT2D eigenvalue weighted by Gasteiger charge is -2.08. The Morgan fingerprint density at radius 3 is 1.69 bits per heavy atom. The van der Waals surface area contributed by atoms with E-state index >= 15 is 0 Å². The Hall–Kier alpha value is -1.42. The topological polar surface area (TPSA) is 103 Å². The van der Waals surface area contributed by atoms with Gasteiger partial charge < -0.3 is 14.2 Å². The Labute approximate surface area is 163 Å². The first-order valence-electron chi connectivity index (χ1n) is 8.48. The van der Waals surface area contributed by atoms with Gasteiger partial charge in [-0.15, -0.1) is 0 Å². The van der Waals surface area contributed by atoms with Gasteiger partial charge in [0.25, 0.3) is 0 Å². The van der Waals surface area contributed by atoms with Crippen LogP contribution in [0.15, 0.2) is 5.10 Å². The van der Waals surface area contributed by atoms with Crippen molar-refractivity contribution in [3.8, 4) is 0 Å². The minimum atomic E-state index is -0.613. The third-order valence-corrected chi connectivity index (χ3v) is 4.69. The van der Waals surface area contributed by atoms with Crippen LogP contribution in [0.4, 0.5) is 4.79 Å². The molecule has 0 aromatic carbocycles. The Morgan fingerprint density at radius 2 is 1.27 bits per heavy atom. The lowest BCUT2D eigenvalue weighted by Crippen LogP contribution is -2.22. The zero-order valence-electron chi connectivity index (χ0n) is 15.6. The van der Waals surface area contributed by atoms with Gasteiger partial charge in [0.1, 0.15) is 0 Å². The number of hydrogen-bond acceptors (Lipinski definition) is 9. The van der Waals surface area contributed by atoms with Crippen molar-refractivity contribution in [3.63, 3.8) is 0 Å².